The van der Waals surface area contributed by atoms with Crippen molar-refractivity contribution in [3.63, 3.8) is 0 Å². The van der Waals surface area contributed by atoms with Crippen LogP contribution in [0.15, 0.2) is 12.1 Å². The topological polar surface area (TPSA) is 29.1 Å². The van der Waals surface area contributed by atoms with E-state index < -0.39 is 0 Å². The molecule has 0 atom stereocenters. The average molecular weight is 309 g/mol. The molecule has 1 saturated carbocycles. The number of aryl methyl sites for hydroxylation is 2. The van der Waals surface area contributed by atoms with Gasteiger partial charge in [0.25, 0.3) is 0 Å². The van der Waals surface area contributed by atoms with Gasteiger partial charge in [-0.1, -0.05) is 28.2 Å². The molecule has 2 rings (SSSR count). The largest absolute Gasteiger partial charge is 0.325 e. The Labute approximate surface area is 128 Å². The minimum atomic E-state index is -0.262. The van der Waals surface area contributed by atoms with E-state index in [0.717, 1.165) is 48.4 Å². The molecule has 21 heavy (non-hydrogen) atoms. The van der Waals surface area contributed by atoms with E-state index in [-0.39, 0.29) is 24.8 Å². The molecular weight excluding hydrogens is 284 g/mol. The van der Waals surface area contributed by atoms with Gasteiger partial charge in [0.05, 0.1) is 5.16 Å². The highest BCUT2D eigenvalue weighted by molar-refractivity contribution is 7.60. The van der Waals surface area contributed by atoms with Crippen molar-refractivity contribution in [3.05, 3.63) is 29.1 Å². The molecule has 0 aliphatic heterocycles. The van der Waals surface area contributed by atoms with Gasteiger partial charge in [0, 0.05) is 5.69 Å². The van der Waals surface area contributed by atoms with Crippen LogP contribution in [0.25, 0.3) is 0 Å². The van der Waals surface area contributed by atoms with E-state index in [1.165, 1.54) is 12.1 Å². The number of hydrogen-bond donors (Lipinski definition) is 1. The summed E-state index contributed by atoms with van der Waals surface area (Å²) in [6.45, 7) is 8.08. The maximum atomic E-state index is 13.4. The highest BCUT2D eigenvalue weighted by atomic mass is 31.1. The molecule has 116 valence electrons. The average Bonchev–Trinajstić information content (AvgIpc) is 2.37. The van der Waals surface area contributed by atoms with E-state index in [0.29, 0.717) is 0 Å². The van der Waals surface area contributed by atoms with Gasteiger partial charge in [-0.25, -0.2) is 4.39 Å². The Morgan fingerprint density at radius 2 is 1.76 bits per heavy atom. The predicted molar refractivity (Wildman–Crippen MR) is 89.1 cm³/mol. The Balaban J connectivity index is 2.25. The molecule has 1 aliphatic rings. The van der Waals surface area contributed by atoms with Crippen molar-refractivity contribution in [2.24, 2.45) is 0 Å². The monoisotopic (exact) mass is 309 g/mol. The Morgan fingerprint density at radius 3 is 2.14 bits per heavy atom. The molecule has 0 bridgehead atoms. The lowest BCUT2D eigenvalue weighted by atomic mass is 9.83. The first kappa shape index (κ1) is 16.4. The summed E-state index contributed by atoms with van der Waals surface area (Å²) in [6, 6.07) is 2.97. The molecule has 1 aromatic rings. The Kier molecular flexibility index (Phi) is 5.03. The van der Waals surface area contributed by atoms with Gasteiger partial charge in [0.1, 0.15) is 5.82 Å². The van der Waals surface area contributed by atoms with Crippen molar-refractivity contribution in [1.82, 2.24) is 0 Å². The van der Waals surface area contributed by atoms with Crippen LogP contribution in [0.4, 0.5) is 10.1 Å². The van der Waals surface area contributed by atoms with Gasteiger partial charge in [-0.2, -0.15) is 0 Å². The molecule has 0 radical (unpaired) electrons. The second kappa shape index (κ2) is 6.44. The third kappa shape index (κ3) is 2.99. The smallest absolute Gasteiger partial charge is 0.234 e. The van der Waals surface area contributed by atoms with Crippen LogP contribution in [-0.2, 0) is 4.79 Å². The Morgan fingerprint density at radius 1 is 1.24 bits per heavy atom. The number of rotatable bonds is 5. The first-order valence-corrected chi connectivity index (χ1v) is 9.49. The van der Waals surface area contributed by atoms with E-state index in [4.69, 9.17) is 0 Å². The van der Waals surface area contributed by atoms with Crippen molar-refractivity contribution < 1.29 is 9.18 Å². The second-order valence-electron chi connectivity index (χ2n) is 5.93. The molecule has 1 N–H and O–H groups in total. The molecule has 0 saturated heterocycles. The van der Waals surface area contributed by atoms with Gasteiger partial charge in [-0.15, -0.1) is 0 Å². The summed E-state index contributed by atoms with van der Waals surface area (Å²) in [5.41, 5.74) is 2.38. The molecule has 0 heterocycles. The third-order valence-electron chi connectivity index (χ3n) is 4.71. The van der Waals surface area contributed by atoms with Crippen molar-refractivity contribution >= 4 is 19.5 Å². The lowest BCUT2D eigenvalue weighted by Crippen LogP contribution is -2.48. The fourth-order valence-electron chi connectivity index (χ4n) is 3.37. The summed E-state index contributed by atoms with van der Waals surface area (Å²) < 4.78 is 13.4. The number of halogens is 1. The van der Waals surface area contributed by atoms with Crippen molar-refractivity contribution in [1.29, 1.82) is 0 Å². The SMILES string of the molecule is CCP(CC)C1(C(=O)Nc2c(C)cc(F)cc2C)CCC1. The van der Waals surface area contributed by atoms with Gasteiger partial charge >= 0.3 is 0 Å². The predicted octanol–water partition coefficient (Wildman–Crippen LogP) is 4.83. The van der Waals surface area contributed by atoms with E-state index in [9.17, 15) is 9.18 Å². The fourth-order valence-corrected chi connectivity index (χ4v) is 6.31. The molecule has 4 heteroatoms. The first-order chi connectivity index (χ1) is 9.94. The third-order valence-corrected chi connectivity index (χ3v) is 8.10. The van der Waals surface area contributed by atoms with Crippen LogP contribution in [0.3, 0.4) is 0 Å². The van der Waals surface area contributed by atoms with Gasteiger partial charge < -0.3 is 5.32 Å². The number of benzene rings is 1. The number of carbonyl (C=O) groups excluding carboxylic acids is 1. The molecule has 0 unspecified atom stereocenters. The highest BCUT2D eigenvalue weighted by Crippen LogP contribution is 2.60. The minimum Gasteiger partial charge on any atom is -0.325 e. The molecule has 2 nitrogen and oxygen atoms in total. The van der Waals surface area contributed by atoms with Crippen LogP contribution < -0.4 is 5.32 Å². The van der Waals surface area contributed by atoms with Gasteiger partial charge in [0.15, 0.2) is 0 Å². The minimum absolute atomic E-state index is 0.147. The fraction of sp³-hybridized carbons (Fsp3) is 0.588. The maximum absolute atomic E-state index is 13.4. The Hall–Kier alpha value is -0.950. The number of hydrogen-bond acceptors (Lipinski definition) is 1. The molecule has 1 amide bonds. The van der Waals surface area contributed by atoms with Crippen LogP contribution in [0.5, 0.6) is 0 Å². The molecule has 1 aliphatic carbocycles. The molecule has 0 aromatic heterocycles. The quantitative estimate of drug-likeness (QED) is 0.776. The highest BCUT2D eigenvalue weighted by Gasteiger charge is 2.48. The van der Waals surface area contributed by atoms with Crippen LogP contribution >= 0.6 is 7.92 Å². The van der Waals surface area contributed by atoms with E-state index >= 15 is 0 Å². The zero-order chi connectivity index (χ0) is 15.6. The maximum Gasteiger partial charge on any atom is 0.234 e. The standard InChI is InChI=1S/C17H25FNOP/c1-5-21(6-2)17(8-7-9-17)16(20)19-15-12(3)10-14(18)11-13(15)4/h10-11H,5-9H2,1-4H3,(H,19,20). The zero-order valence-electron chi connectivity index (χ0n) is 13.4. The van der Waals surface area contributed by atoms with Crippen molar-refractivity contribution in [3.8, 4) is 0 Å². The summed E-state index contributed by atoms with van der Waals surface area (Å²) in [5.74, 6) is -0.0907. The normalized spacial score (nSPS) is 16.7. The van der Waals surface area contributed by atoms with Crippen LogP contribution in [0, 0.1) is 19.7 Å². The number of anilines is 1. The summed E-state index contributed by atoms with van der Waals surface area (Å²) in [6.07, 6.45) is 5.35. The number of amides is 1. The van der Waals surface area contributed by atoms with Crippen molar-refractivity contribution in [2.45, 2.75) is 52.1 Å². The molecule has 1 fully saturated rings. The number of carbonyl (C=O) groups is 1. The second-order valence-corrected chi connectivity index (χ2v) is 9.13. The van der Waals surface area contributed by atoms with Crippen LogP contribution in [0.2, 0.25) is 0 Å². The molecular formula is C17H25FNOP. The lowest BCUT2D eigenvalue weighted by molar-refractivity contribution is -0.120. The zero-order valence-corrected chi connectivity index (χ0v) is 14.3. The summed E-state index contributed by atoms with van der Waals surface area (Å²) >= 11 is 0. The first-order valence-electron chi connectivity index (χ1n) is 7.78. The molecule has 0 spiro atoms. The van der Waals surface area contributed by atoms with E-state index in [1.54, 1.807) is 0 Å². The Bertz CT molecular complexity index is 513. The van der Waals surface area contributed by atoms with Crippen LogP contribution in [-0.4, -0.2) is 23.4 Å². The van der Waals surface area contributed by atoms with Crippen molar-refractivity contribution in [2.75, 3.05) is 17.6 Å². The lowest BCUT2D eigenvalue weighted by Gasteiger charge is -2.46. The summed E-state index contributed by atoms with van der Waals surface area (Å²) in [4.78, 5) is 12.9. The summed E-state index contributed by atoms with van der Waals surface area (Å²) in [5, 5.41) is 2.96. The molecule has 1 aromatic carbocycles. The summed E-state index contributed by atoms with van der Waals surface area (Å²) in [7, 11) is -0.262. The van der Waals surface area contributed by atoms with Gasteiger partial charge in [0.2, 0.25) is 5.91 Å². The van der Waals surface area contributed by atoms with E-state index in [1.807, 2.05) is 13.8 Å². The van der Waals surface area contributed by atoms with E-state index in [2.05, 4.69) is 19.2 Å². The van der Waals surface area contributed by atoms with Crippen LogP contribution in [0.1, 0.15) is 44.2 Å². The van der Waals surface area contributed by atoms with Gasteiger partial charge in [-0.3, -0.25) is 4.79 Å². The number of nitrogens with one attached hydrogen (secondary N) is 1. The van der Waals surface area contributed by atoms with Gasteiger partial charge in [-0.05, 0) is 62.3 Å².